The zero-order valence-electron chi connectivity index (χ0n) is 10.9. The Hall–Kier alpha value is -1.54. The van der Waals surface area contributed by atoms with E-state index in [0.717, 1.165) is 0 Å². The molecule has 0 saturated carbocycles. The van der Waals surface area contributed by atoms with Crippen molar-refractivity contribution in [2.45, 2.75) is 6.42 Å². The van der Waals surface area contributed by atoms with Crippen LogP contribution < -0.4 is 4.31 Å². The van der Waals surface area contributed by atoms with E-state index in [-0.39, 0.29) is 17.4 Å². The van der Waals surface area contributed by atoms with Crippen molar-refractivity contribution in [3.8, 4) is 22.8 Å². The number of rotatable bonds is 2. The quantitative estimate of drug-likeness (QED) is 0.666. The lowest BCUT2D eigenvalue weighted by atomic mass is 10.1. The van der Waals surface area contributed by atoms with Crippen molar-refractivity contribution in [2.24, 2.45) is 0 Å². The fourth-order valence-electron chi connectivity index (χ4n) is 2.26. The molecule has 0 bridgehead atoms. The summed E-state index contributed by atoms with van der Waals surface area (Å²) in [4.78, 5) is 0. The third-order valence-corrected chi connectivity index (χ3v) is 5.45. The van der Waals surface area contributed by atoms with Crippen LogP contribution in [0.1, 0.15) is 6.42 Å². The van der Waals surface area contributed by atoms with Crippen LogP contribution in [0.2, 0.25) is 5.02 Å². The SMILES string of the molecule is Oc1c(-c2ccc(Cl)cc2)oc(N2CCCS2(O)O)c1O. The number of halogens is 1. The van der Waals surface area contributed by atoms with E-state index in [4.69, 9.17) is 16.0 Å². The highest BCUT2D eigenvalue weighted by atomic mass is 35.5. The largest absolute Gasteiger partial charge is 0.502 e. The summed E-state index contributed by atoms with van der Waals surface area (Å²) in [5.74, 6) is -0.794. The molecule has 1 aromatic heterocycles. The molecule has 0 unspecified atom stereocenters. The summed E-state index contributed by atoms with van der Waals surface area (Å²) in [7, 11) is -3.01. The van der Waals surface area contributed by atoms with Crippen LogP contribution in [0.4, 0.5) is 5.88 Å². The maximum Gasteiger partial charge on any atom is 0.261 e. The lowest BCUT2D eigenvalue weighted by molar-refractivity contribution is 0.409. The average Bonchev–Trinajstić information content (AvgIpc) is 2.92. The van der Waals surface area contributed by atoms with Gasteiger partial charge in [-0.3, -0.25) is 9.11 Å². The zero-order chi connectivity index (χ0) is 15.2. The first-order chi connectivity index (χ1) is 9.90. The van der Waals surface area contributed by atoms with Crippen molar-refractivity contribution >= 4 is 28.3 Å². The van der Waals surface area contributed by atoms with Crippen LogP contribution in [0, 0.1) is 0 Å². The van der Waals surface area contributed by atoms with Gasteiger partial charge in [0.25, 0.3) is 5.88 Å². The fourth-order valence-corrected chi connectivity index (χ4v) is 3.93. The Balaban J connectivity index is 2.05. The number of hydrogen-bond acceptors (Lipinski definition) is 6. The predicted molar refractivity (Wildman–Crippen MR) is 82.2 cm³/mol. The molecule has 0 aliphatic carbocycles. The molecule has 1 aliphatic rings. The van der Waals surface area contributed by atoms with Crippen molar-refractivity contribution < 1.29 is 23.7 Å². The number of nitrogens with zero attached hydrogens (tertiary/aromatic N) is 1. The van der Waals surface area contributed by atoms with Crippen molar-refractivity contribution in [2.75, 3.05) is 16.6 Å². The Kier molecular flexibility index (Phi) is 3.45. The van der Waals surface area contributed by atoms with Crippen LogP contribution in [0.3, 0.4) is 0 Å². The standard InChI is InChI=1S/C13H14ClNO5S/c14-9-4-2-8(3-5-9)12-10(16)11(17)13(20-12)15-6-1-7-21(15,18)19/h2-5,16-19H,1,6-7H2. The summed E-state index contributed by atoms with van der Waals surface area (Å²) in [6.45, 7) is 0.336. The third kappa shape index (κ3) is 2.42. The monoisotopic (exact) mass is 331 g/mol. The Morgan fingerprint density at radius 3 is 2.33 bits per heavy atom. The molecule has 1 saturated heterocycles. The van der Waals surface area contributed by atoms with Crippen LogP contribution in [-0.2, 0) is 0 Å². The summed E-state index contributed by atoms with van der Waals surface area (Å²) in [6, 6.07) is 6.51. The van der Waals surface area contributed by atoms with Crippen LogP contribution in [0.25, 0.3) is 11.3 Å². The van der Waals surface area contributed by atoms with Gasteiger partial charge >= 0.3 is 0 Å². The number of aromatic hydroxyl groups is 2. The summed E-state index contributed by atoms with van der Waals surface area (Å²) < 4.78 is 26.5. The summed E-state index contributed by atoms with van der Waals surface area (Å²) >= 11 is 5.80. The molecule has 1 fully saturated rings. The number of hydrogen-bond donors (Lipinski definition) is 4. The maximum absolute atomic E-state index is 10.0. The van der Waals surface area contributed by atoms with Crippen LogP contribution in [0.15, 0.2) is 28.7 Å². The third-order valence-electron chi connectivity index (χ3n) is 3.31. The van der Waals surface area contributed by atoms with Gasteiger partial charge in [-0.2, -0.15) is 0 Å². The molecule has 0 atom stereocenters. The molecular formula is C13H14ClNO5S. The Morgan fingerprint density at radius 2 is 1.76 bits per heavy atom. The van der Waals surface area contributed by atoms with E-state index < -0.39 is 22.3 Å². The summed E-state index contributed by atoms with van der Waals surface area (Å²) in [5, 5.41) is 20.6. The van der Waals surface area contributed by atoms with Gasteiger partial charge in [-0.05, 0) is 30.7 Å². The topological polar surface area (TPSA) is 97.3 Å². The van der Waals surface area contributed by atoms with Gasteiger partial charge in [-0.15, -0.1) is 10.8 Å². The van der Waals surface area contributed by atoms with E-state index in [1.807, 2.05) is 0 Å². The molecule has 0 radical (unpaired) electrons. The molecule has 2 aromatic rings. The van der Waals surface area contributed by atoms with Crippen molar-refractivity contribution in [3.63, 3.8) is 0 Å². The summed E-state index contributed by atoms with van der Waals surface area (Å²) in [5.41, 5.74) is 0.522. The molecule has 8 heteroatoms. The smallest absolute Gasteiger partial charge is 0.261 e. The van der Waals surface area contributed by atoms with Gasteiger partial charge < -0.3 is 14.6 Å². The zero-order valence-corrected chi connectivity index (χ0v) is 12.4. The van der Waals surface area contributed by atoms with E-state index in [1.54, 1.807) is 24.3 Å². The minimum absolute atomic E-state index is 0.0567. The molecule has 3 rings (SSSR count). The van der Waals surface area contributed by atoms with Crippen LogP contribution in [0.5, 0.6) is 11.5 Å². The van der Waals surface area contributed by atoms with Gasteiger partial charge in [-0.1, -0.05) is 11.6 Å². The molecule has 6 nitrogen and oxygen atoms in total. The molecule has 0 amide bonds. The van der Waals surface area contributed by atoms with Gasteiger partial charge in [0, 0.05) is 17.1 Å². The molecule has 0 spiro atoms. The van der Waals surface area contributed by atoms with E-state index >= 15 is 0 Å². The number of furan rings is 1. The Morgan fingerprint density at radius 1 is 1.10 bits per heavy atom. The van der Waals surface area contributed by atoms with E-state index in [0.29, 0.717) is 23.6 Å². The molecule has 114 valence electrons. The van der Waals surface area contributed by atoms with Crippen molar-refractivity contribution in [1.29, 1.82) is 0 Å². The Bertz CT molecular complexity index is 670. The minimum atomic E-state index is -3.01. The van der Waals surface area contributed by atoms with Gasteiger partial charge in [0.05, 0.1) is 5.75 Å². The number of benzene rings is 1. The lowest BCUT2D eigenvalue weighted by Crippen LogP contribution is -2.21. The highest BCUT2D eigenvalue weighted by molar-refractivity contribution is 8.25. The van der Waals surface area contributed by atoms with Gasteiger partial charge in [0.1, 0.15) is 0 Å². The molecule has 21 heavy (non-hydrogen) atoms. The first kappa shape index (κ1) is 14.4. The maximum atomic E-state index is 10.0. The van der Waals surface area contributed by atoms with Crippen LogP contribution >= 0.6 is 22.4 Å². The van der Waals surface area contributed by atoms with Gasteiger partial charge in [0.2, 0.25) is 11.5 Å². The first-order valence-electron chi connectivity index (χ1n) is 6.24. The average molecular weight is 332 g/mol. The molecular weight excluding hydrogens is 318 g/mol. The highest BCUT2D eigenvalue weighted by Gasteiger charge is 2.35. The summed E-state index contributed by atoms with van der Waals surface area (Å²) in [6.07, 6.45) is 0.569. The minimum Gasteiger partial charge on any atom is -0.502 e. The second-order valence-corrected chi connectivity index (χ2v) is 7.28. The lowest BCUT2D eigenvalue weighted by Gasteiger charge is -2.35. The van der Waals surface area contributed by atoms with Gasteiger partial charge in [-0.25, -0.2) is 4.31 Å². The van der Waals surface area contributed by atoms with Crippen molar-refractivity contribution in [1.82, 2.24) is 0 Å². The van der Waals surface area contributed by atoms with E-state index in [1.165, 1.54) is 4.31 Å². The first-order valence-corrected chi connectivity index (χ1v) is 8.29. The molecule has 2 heterocycles. The van der Waals surface area contributed by atoms with E-state index in [9.17, 15) is 19.3 Å². The fraction of sp³-hybridized carbons (Fsp3) is 0.231. The van der Waals surface area contributed by atoms with E-state index in [2.05, 4.69) is 0 Å². The second kappa shape index (κ2) is 5.03. The van der Waals surface area contributed by atoms with Crippen LogP contribution in [-0.4, -0.2) is 31.6 Å². The highest BCUT2D eigenvalue weighted by Crippen LogP contribution is 2.57. The normalized spacial score (nSPS) is 18.9. The molecule has 4 N–H and O–H groups in total. The van der Waals surface area contributed by atoms with Gasteiger partial charge in [0.15, 0.2) is 5.76 Å². The molecule has 1 aromatic carbocycles. The number of anilines is 1. The predicted octanol–water partition coefficient (Wildman–Crippen LogP) is 3.89. The Labute approximate surface area is 127 Å². The second-order valence-electron chi connectivity index (χ2n) is 4.73. The van der Waals surface area contributed by atoms with Crippen molar-refractivity contribution in [3.05, 3.63) is 29.3 Å². The molecule has 1 aliphatic heterocycles.